The quantitative estimate of drug-likeness (QED) is 0.686. The Hall–Kier alpha value is -0.570. The maximum Gasteiger partial charge on any atom is 0.236 e. The van der Waals surface area contributed by atoms with Crippen molar-refractivity contribution in [1.29, 1.82) is 0 Å². The number of amides is 1. The summed E-state index contributed by atoms with van der Waals surface area (Å²) in [6.45, 7) is 9.55. The summed E-state index contributed by atoms with van der Waals surface area (Å²) in [7, 11) is 0. The Morgan fingerprint density at radius 1 is 1.39 bits per heavy atom. The van der Waals surface area contributed by atoms with Crippen LogP contribution in [0.15, 0.2) is 0 Å². The fourth-order valence-corrected chi connectivity index (χ4v) is 2.75. The van der Waals surface area contributed by atoms with Crippen LogP contribution in [0.25, 0.3) is 0 Å². The second-order valence-corrected chi connectivity index (χ2v) is 6.32. The average Bonchev–Trinajstić information content (AvgIpc) is 2.64. The fraction of sp³-hybridized carbons (Fsp3) is 0.933. The van der Waals surface area contributed by atoms with E-state index in [9.17, 15) is 4.79 Å². The molecule has 18 heavy (non-hydrogen) atoms. The number of unbranched alkanes of at least 4 members (excludes halogenated alkanes) is 2. The number of carbonyl (C=O) groups is 1. The van der Waals surface area contributed by atoms with E-state index in [1.165, 1.54) is 32.1 Å². The van der Waals surface area contributed by atoms with Crippen LogP contribution in [-0.2, 0) is 4.79 Å². The second-order valence-electron chi connectivity index (χ2n) is 6.32. The molecule has 1 fully saturated rings. The highest BCUT2D eigenvalue weighted by Gasteiger charge is 2.35. The maximum atomic E-state index is 11.9. The number of carbonyl (C=O) groups excluding carboxylic acids is 1. The van der Waals surface area contributed by atoms with Gasteiger partial charge in [0.1, 0.15) is 0 Å². The van der Waals surface area contributed by atoms with Crippen LogP contribution in [0.2, 0.25) is 0 Å². The minimum absolute atomic E-state index is 0.0750. The van der Waals surface area contributed by atoms with E-state index >= 15 is 0 Å². The van der Waals surface area contributed by atoms with Crippen molar-refractivity contribution in [2.24, 2.45) is 5.41 Å². The molecular formula is C15H30N2O. The molecule has 0 heterocycles. The van der Waals surface area contributed by atoms with Gasteiger partial charge in [0, 0.05) is 12.6 Å². The van der Waals surface area contributed by atoms with Crippen LogP contribution in [0.5, 0.6) is 0 Å². The Bertz CT molecular complexity index is 263. The van der Waals surface area contributed by atoms with Gasteiger partial charge in [-0.25, -0.2) is 0 Å². The lowest BCUT2D eigenvalue weighted by Gasteiger charge is -2.30. The van der Waals surface area contributed by atoms with Crippen molar-refractivity contribution < 1.29 is 4.79 Å². The number of hydrogen-bond donors (Lipinski definition) is 2. The zero-order valence-electron chi connectivity index (χ0n) is 12.5. The second kappa shape index (κ2) is 7.13. The molecule has 0 bridgehead atoms. The molecule has 106 valence electrons. The van der Waals surface area contributed by atoms with E-state index in [1.807, 2.05) is 6.92 Å². The molecule has 0 aliphatic heterocycles. The Labute approximate surface area is 112 Å². The van der Waals surface area contributed by atoms with Gasteiger partial charge < -0.3 is 10.6 Å². The Balaban J connectivity index is 2.27. The Morgan fingerprint density at radius 3 is 2.67 bits per heavy atom. The highest BCUT2D eigenvalue weighted by atomic mass is 16.2. The minimum atomic E-state index is -0.0750. The van der Waals surface area contributed by atoms with Crippen molar-refractivity contribution in [2.45, 2.75) is 78.3 Å². The van der Waals surface area contributed by atoms with Gasteiger partial charge in [-0.2, -0.15) is 0 Å². The molecule has 2 unspecified atom stereocenters. The molecule has 3 nitrogen and oxygen atoms in total. The summed E-state index contributed by atoms with van der Waals surface area (Å²) in [5, 5.41) is 6.51. The summed E-state index contributed by atoms with van der Waals surface area (Å²) in [6, 6.07) is 0.405. The van der Waals surface area contributed by atoms with E-state index in [-0.39, 0.29) is 11.9 Å². The van der Waals surface area contributed by atoms with Crippen LogP contribution in [0.1, 0.15) is 66.2 Å². The molecule has 0 aromatic carbocycles. The Morgan fingerprint density at radius 2 is 2.11 bits per heavy atom. The zero-order valence-corrected chi connectivity index (χ0v) is 12.5. The monoisotopic (exact) mass is 254 g/mol. The molecule has 0 aromatic rings. The molecule has 3 heteroatoms. The van der Waals surface area contributed by atoms with E-state index in [0.29, 0.717) is 11.5 Å². The lowest BCUT2D eigenvalue weighted by molar-refractivity contribution is -0.123. The predicted molar refractivity (Wildman–Crippen MR) is 76.6 cm³/mol. The lowest BCUT2D eigenvalue weighted by atomic mass is 9.87. The van der Waals surface area contributed by atoms with E-state index in [0.717, 1.165) is 13.0 Å². The van der Waals surface area contributed by atoms with Crippen molar-refractivity contribution in [3.05, 3.63) is 0 Å². The van der Waals surface area contributed by atoms with Gasteiger partial charge in [-0.05, 0) is 31.6 Å². The van der Waals surface area contributed by atoms with Crippen LogP contribution in [-0.4, -0.2) is 24.5 Å². The van der Waals surface area contributed by atoms with Crippen molar-refractivity contribution in [2.75, 3.05) is 6.54 Å². The minimum Gasteiger partial charge on any atom is -0.355 e. The fourth-order valence-electron chi connectivity index (χ4n) is 2.75. The van der Waals surface area contributed by atoms with Crippen LogP contribution in [0.4, 0.5) is 0 Å². The van der Waals surface area contributed by atoms with Gasteiger partial charge in [0.2, 0.25) is 5.91 Å². The first-order chi connectivity index (χ1) is 8.47. The highest BCUT2D eigenvalue weighted by Crippen LogP contribution is 2.37. The van der Waals surface area contributed by atoms with E-state index in [1.54, 1.807) is 0 Å². The zero-order chi connectivity index (χ0) is 13.6. The van der Waals surface area contributed by atoms with Crippen molar-refractivity contribution in [1.82, 2.24) is 10.6 Å². The van der Waals surface area contributed by atoms with Crippen LogP contribution < -0.4 is 10.6 Å². The van der Waals surface area contributed by atoms with Crippen LogP contribution in [0, 0.1) is 5.41 Å². The molecule has 0 saturated heterocycles. The molecule has 1 saturated carbocycles. The first kappa shape index (κ1) is 15.5. The summed E-state index contributed by atoms with van der Waals surface area (Å²) in [4.78, 5) is 11.9. The summed E-state index contributed by atoms with van der Waals surface area (Å²) in [6.07, 6.45) is 7.20. The molecule has 1 rings (SSSR count). The standard InChI is InChI=1S/C15H30N2O/c1-5-6-7-11-16-14(18)12(2)17-13-9-8-10-15(13,3)4/h12-13,17H,5-11H2,1-4H3,(H,16,18). The predicted octanol–water partition coefficient (Wildman–Crippen LogP) is 2.85. The van der Waals surface area contributed by atoms with E-state index in [4.69, 9.17) is 0 Å². The normalized spacial score (nSPS) is 23.9. The number of hydrogen-bond acceptors (Lipinski definition) is 2. The first-order valence-electron chi connectivity index (χ1n) is 7.51. The largest absolute Gasteiger partial charge is 0.355 e. The van der Waals surface area contributed by atoms with Gasteiger partial charge in [-0.3, -0.25) is 4.79 Å². The van der Waals surface area contributed by atoms with Gasteiger partial charge in [0.25, 0.3) is 0 Å². The molecular weight excluding hydrogens is 224 g/mol. The molecule has 2 N–H and O–H groups in total. The van der Waals surface area contributed by atoms with Crippen LogP contribution in [0.3, 0.4) is 0 Å². The van der Waals surface area contributed by atoms with Crippen molar-refractivity contribution in [3.8, 4) is 0 Å². The topological polar surface area (TPSA) is 41.1 Å². The van der Waals surface area contributed by atoms with Gasteiger partial charge in [-0.15, -0.1) is 0 Å². The summed E-state index contributed by atoms with van der Waals surface area (Å²) >= 11 is 0. The van der Waals surface area contributed by atoms with Crippen molar-refractivity contribution in [3.63, 3.8) is 0 Å². The SMILES string of the molecule is CCCCCNC(=O)C(C)NC1CCCC1(C)C. The van der Waals surface area contributed by atoms with Gasteiger partial charge in [0.05, 0.1) is 6.04 Å². The summed E-state index contributed by atoms with van der Waals surface area (Å²) in [5.41, 5.74) is 0.330. The number of rotatable bonds is 7. The molecule has 0 radical (unpaired) electrons. The molecule has 1 aliphatic carbocycles. The van der Waals surface area contributed by atoms with E-state index < -0.39 is 0 Å². The molecule has 1 amide bonds. The average molecular weight is 254 g/mol. The maximum absolute atomic E-state index is 11.9. The third-order valence-electron chi connectivity index (χ3n) is 4.18. The third kappa shape index (κ3) is 4.60. The molecule has 0 spiro atoms. The summed E-state index contributed by atoms with van der Waals surface area (Å²) in [5.74, 6) is 0.147. The smallest absolute Gasteiger partial charge is 0.236 e. The van der Waals surface area contributed by atoms with Gasteiger partial charge in [0.15, 0.2) is 0 Å². The third-order valence-corrected chi connectivity index (χ3v) is 4.18. The van der Waals surface area contributed by atoms with E-state index in [2.05, 4.69) is 31.4 Å². The van der Waals surface area contributed by atoms with Crippen molar-refractivity contribution >= 4 is 5.91 Å². The summed E-state index contributed by atoms with van der Waals surface area (Å²) < 4.78 is 0. The van der Waals surface area contributed by atoms with Gasteiger partial charge >= 0.3 is 0 Å². The number of nitrogens with one attached hydrogen (secondary N) is 2. The lowest BCUT2D eigenvalue weighted by Crippen LogP contribution is -2.49. The van der Waals surface area contributed by atoms with Crippen LogP contribution >= 0.6 is 0 Å². The Kier molecular flexibility index (Phi) is 6.13. The molecule has 2 atom stereocenters. The van der Waals surface area contributed by atoms with Gasteiger partial charge in [-0.1, -0.05) is 40.0 Å². The highest BCUT2D eigenvalue weighted by molar-refractivity contribution is 5.81. The first-order valence-corrected chi connectivity index (χ1v) is 7.51. The molecule has 1 aliphatic rings. The molecule has 0 aromatic heterocycles.